The molecule has 144 valence electrons. The summed E-state index contributed by atoms with van der Waals surface area (Å²) in [5.41, 5.74) is 6.44. The van der Waals surface area contributed by atoms with Crippen LogP contribution in [0.1, 0.15) is 22.3 Å². The Balaban J connectivity index is 1.75. The zero-order chi connectivity index (χ0) is 20.1. The van der Waals surface area contributed by atoms with Crippen LogP contribution in [0.15, 0.2) is 65.1 Å². The highest BCUT2D eigenvalue weighted by Crippen LogP contribution is 2.25. The van der Waals surface area contributed by atoms with Gasteiger partial charge in [0.1, 0.15) is 12.4 Å². The van der Waals surface area contributed by atoms with E-state index < -0.39 is 0 Å². The van der Waals surface area contributed by atoms with Crippen molar-refractivity contribution in [2.45, 2.75) is 13.8 Å². The minimum atomic E-state index is 0.472. The monoisotopic (exact) mass is 473 g/mol. The van der Waals surface area contributed by atoms with Crippen molar-refractivity contribution in [2.24, 2.45) is 0 Å². The molecule has 1 N–H and O–H groups in total. The summed E-state index contributed by atoms with van der Waals surface area (Å²) in [5.74, 6) is 1.29. The molecule has 0 radical (unpaired) electrons. The van der Waals surface area contributed by atoms with Gasteiger partial charge < -0.3 is 10.1 Å². The summed E-state index contributed by atoms with van der Waals surface area (Å²) >= 11 is 14.9. The number of anilines is 2. The van der Waals surface area contributed by atoms with Crippen LogP contribution in [0.3, 0.4) is 0 Å². The number of hydrogen-bond donors (Lipinski definition) is 1. The Bertz CT molecular complexity index is 988. The number of benzene rings is 3. The Hall–Kier alpha value is -1.88. The number of rotatable bonds is 7. The minimum Gasteiger partial charge on any atom is -0.492 e. The smallest absolute Gasteiger partial charge is 0.119 e. The van der Waals surface area contributed by atoms with Crippen LogP contribution in [0.25, 0.3) is 0 Å². The number of halogens is 2. The van der Waals surface area contributed by atoms with Crippen molar-refractivity contribution in [3.05, 3.63) is 87.4 Å². The summed E-state index contributed by atoms with van der Waals surface area (Å²) in [6, 6.07) is 20.3. The van der Waals surface area contributed by atoms with E-state index >= 15 is 0 Å². The molecular formula is C23H21BrClNOS. The summed E-state index contributed by atoms with van der Waals surface area (Å²) in [6.07, 6.45) is 0. The molecule has 3 rings (SSSR count). The fourth-order valence-corrected chi connectivity index (χ4v) is 3.84. The maximum Gasteiger partial charge on any atom is 0.119 e. The first-order valence-electron chi connectivity index (χ1n) is 8.95. The normalized spacial score (nSPS) is 10.6. The first kappa shape index (κ1) is 20.8. The van der Waals surface area contributed by atoms with Crippen molar-refractivity contribution in [3.63, 3.8) is 0 Å². The van der Waals surface area contributed by atoms with E-state index in [-0.39, 0.29) is 0 Å². The molecule has 2 nitrogen and oxygen atoms in total. The summed E-state index contributed by atoms with van der Waals surface area (Å²) in [7, 11) is 0. The predicted octanol–water partition coefficient (Wildman–Crippen LogP) is 7.19. The van der Waals surface area contributed by atoms with Crippen LogP contribution in [0.5, 0.6) is 5.75 Å². The summed E-state index contributed by atoms with van der Waals surface area (Å²) in [6.45, 7) is 4.62. The third kappa shape index (κ3) is 5.13. The van der Waals surface area contributed by atoms with E-state index in [2.05, 4.69) is 64.6 Å². The summed E-state index contributed by atoms with van der Waals surface area (Å²) in [4.78, 5) is 0.827. The number of hydrogen-bond acceptors (Lipinski definition) is 3. The van der Waals surface area contributed by atoms with E-state index in [1.54, 1.807) is 0 Å². The van der Waals surface area contributed by atoms with E-state index in [4.69, 9.17) is 28.6 Å². The van der Waals surface area contributed by atoms with Gasteiger partial charge in [0.15, 0.2) is 0 Å². The Labute approximate surface area is 185 Å². The molecule has 0 fully saturated rings. The maximum atomic E-state index is 5.73. The summed E-state index contributed by atoms with van der Waals surface area (Å²) in [5, 5.41) is 3.45. The zero-order valence-electron chi connectivity index (χ0n) is 15.8. The van der Waals surface area contributed by atoms with Crippen LogP contribution in [-0.4, -0.2) is 17.4 Å². The molecule has 0 aliphatic rings. The molecule has 0 amide bonds. The molecule has 0 aliphatic carbocycles. The predicted molar refractivity (Wildman–Crippen MR) is 127 cm³/mol. The van der Waals surface area contributed by atoms with E-state index in [1.807, 2.05) is 31.2 Å². The van der Waals surface area contributed by atoms with E-state index in [0.29, 0.717) is 12.5 Å². The van der Waals surface area contributed by atoms with Crippen LogP contribution < -0.4 is 10.1 Å². The molecule has 0 saturated carbocycles. The Kier molecular flexibility index (Phi) is 7.11. The molecule has 0 saturated heterocycles. The number of thiocarbonyl (C=S) groups is 1. The third-order valence-electron chi connectivity index (χ3n) is 4.40. The van der Waals surface area contributed by atoms with Gasteiger partial charge in [-0.25, -0.2) is 0 Å². The molecule has 0 unspecified atom stereocenters. The molecule has 3 aromatic rings. The van der Waals surface area contributed by atoms with Gasteiger partial charge in [-0.2, -0.15) is 0 Å². The van der Waals surface area contributed by atoms with Crippen LogP contribution >= 0.6 is 39.7 Å². The first-order chi connectivity index (χ1) is 13.5. The van der Waals surface area contributed by atoms with Crippen molar-refractivity contribution in [1.82, 2.24) is 0 Å². The lowest BCUT2D eigenvalue weighted by Gasteiger charge is -2.13. The van der Waals surface area contributed by atoms with E-state index in [1.165, 1.54) is 5.56 Å². The van der Waals surface area contributed by atoms with Gasteiger partial charge >= 0.3 is 0 Å². The van der Waals surface area contributed by atoms with Crippen LogP contribution in [0.4, 0.5) is 11.4 Å². The highest BCUT2D eigenvalue weighted by atomic mass is 79.9. The van der Waals surface area contributed by atoms with Gasteiger partial charge in [0.05, 0.1) is 10.7 Å². The van der Waals surface area contributed by atoms with Gasteiger partial charge in [0, 0.05) is 15.8 Å². The van der Waals surface area contributed by atoms with Crippen LogP contribution in [0, 0.1) is 13.8 Å². The molecule has 28 heavy (non-hydrogen) atoms. The van der Waals surface area contributed by atoms with Crippen molar-refractivity contribution in [1.29, 1.82) is 0 Å². The first-order valence-corrected chi connectivity index (χ1v) is 10.7. The van der Waals surface area contributed by atoms with Crippen molar-refractivity contribution < 1.29 is 4.74 Å². The molecule has 3 aromatic carbocycles. The number of nitrogens with one attached hydrogen (secondary N) is 1. The average Bonchev–Trinajstić information content (AvgIpc) is 2.68. The molecule has 0 bridgehead atoms. The number of aryl methyl sites for hydroxylation is 2. The molecule has 0 aliphatic heterocycles. The minimum absolute atomic E-state index is 0.472. The Morgan fingerprint density at radius 2 is 1.75 bits per heavy atom. The second-order valence-corrected chi connectivity index (χ2v) is 8.21. The third-order valence-corrected chi connectivity index (χ3v) is 5.51. The van der Waals surface area contributed by atoms with Crippen molar-refractivity contribution in [2.75, 3.05) is 17.8 Å². The lowest BCUT2D eigenvalue weighted by molar-refractivity contribution is 0.342. The molecule has 0 spiro atoms. The van der Waals surface area contributed by atoms with Crippen molar-refractivity contribution >= 4 is 56.0 Å². The quantitative estimate of drug-likeness (QED) is 0.222. The zero-order valence-corrected chi connectivity index (χ0v) is 18.9. The van der Waals surface area contributed by atoms with Gasteiger partial charge in [-0.3, -0.25) is 0 Å². The molecule has 0 aromatic heterocycles. The van der Waals surface area contributed by atoms with Gasteiger partial charge in [0.2, 0.25) is 0 Å². The maximum absolute atomic E-state index is 5.73. The molecule has 0 atom stereocenters. The second kappa shape index (κ2) is 9.55. The highest BCUT2D eigenvalue weighted by Gasteiger charge is 2.09. The molecule has 0 heterocycles. The molecule has 5 heteroatoms. The Morgan fingerprint density at radius 3 is 2.39 bits per heavy atom. The van der Waals surface area contributed by atoms with Crippen LogP contribution in [-0.2, 0) is 0 Å². The summed E-state index contributed by atoms with van der Waals surface area (Å²) < 4.78 is 6.65. The SMILES string of the molecule is Cc1cc(Br)ccc1Nc1ccc(C(=S)c2ccc(OCCCl)cc2C)cc1. The van der Waals surface area contributed by atoms with Crippen LogP contribution in [0.2, 0.25) is 0 Å². The van der Waals surface area contributed by atoms with Crippen molar-refractivity contribution in [3.8, 4) is 5.75 Å². The fraction of sp³-hybridized carbons (Fsp3) is 0.174. The average molecular weight is 475 g/mol. The lowest BCUT2D eigenvalue weighted by Crippen LogP contribution is -2.04. The standard InChI is InChI=1S/C23H21BrClNOS/c1-15-14-20(27-12-11-25)8-9-21(15)23(28)17-3-6-19(7-4-17)26-22-10-5-18(24)13-16(22)2/h3-10,13-14,26H,11-12H2,1-2H3. The number of ether oxygens (including phenoxy) is 1. The van der Waals surface area contributed by atoms with E-state index in [0.717, 1.165) is 43.2 Å². The van der Waals surface area contributed by atoms with E-state index in [9.17, 15) is 0 Å². The molecular weight excluding hydrogens is 454 g/mol. The number of alkyl halides is 1. The Morgan fingerprint density at radius 1 is 1.00 bits per heavy atom. The van der Waals surface area contributed by atoms with Gasteiger partial charge in [-0.1, -0.05) is 40.3 Å². The van der Waals surface area contributed by atoms with Gasteiger partial charge in [0.25, 0.3) is 0 Å². The fourth-order valence-electron chi connectivity index (χ4n) is 2.92. The van der Waals surface area contributed by atoms with Gasteiger partial charge in [-0.15, -0.1) is 11.6 Å². The topological polar surface area (TPSA) is 21.3 Å². The largest absolute Gasteiger partial charge is 0.492 e. The highest BCUT2D eigenvalue weighted by molar-refractivity contribution is 9.10. The second-order valence-electron chi connectivity index (χ2n) is 6.50. The lowest BCUT2D eigenvalue weighted by atomic mass is 10.00. The van der Waals surface area contributed by atoms with Gasteiger partial charge in [-0.05, 0) is 84.6 Å².